The van der Waals surface area contributed by atoms with Crippen LogP contribution in [0.5, 0.6) is 5.75 Å². The molecule has 152 valence electrons. The van der Waals surface area contributed by atoms with Gasteiger partial charge >= 0.3 is 0 Å². The highest BCUT2D eigenvalue weighted by Crippen LogP contribution is 2.25. The van der Waals surface area contributed by atoms with Gasteiger partial charge in [0.25, 0.3) is 0 Å². The Labute approximate surface area is 170 Å². The lowest BCUT2D eigenvalue weighted by Gasteiger charge is -2.30. The second kappa shape index (κ2) is 9.11. The molecule has 29 heavy (non-hydrogen) atoms. The van der Waals surface area contributed by atoms with Crippen LogP contribution >= 0.6 is 0 Å². The van der Waals surface area contributed by atoms with E-state index >= 15 is 0 Å². The fraction of sp³-hybridized carbons (Fsp3) is 0.348. The molecular weight excluding hydrogens is 368 g/mol. The number of quaternary nitrogens is 1. The van der Waals surface area contributed by atoms with E-state index in [4.69, 9.17) is 13.9 Å². The standard InChI is InChI=1S/C23H26N2O4/c1-27-19-7-8-21-18(16-29-22(21)12-19)11-23(26)24-13-20-15-25(9-10-28-20)14-17-5-3-2-4-6-17/h2-8,12,16,20H,9-11,13-15H2,1H3,(H,24,26)/p+1/t20-/m0/s1. The first-order valence-electron chi connectivity index (χ1n) is 10.0. The van der Waals surface area contributed by atoms with Gasteiger partial charge in [0.05, 0.1) is 26.4 Å². The molecule has 1 unspecified atom stereocenters. The molecule has 1 aliphatic rings. The van der Waals surface area contributed by atoms with Gasteiger partial charge in [-0.1, -0.05) is 30.3 Å². The predicted octanol–water partition coefficient (Wildman–Crippen LogP) is 1.58. The number of carbonyl (C=O) groups excluding carboxylic acids is 1. The molecule has 2 heterocycles. The van der Waals surface area contributed by atoms with Crippen LogP contribution in [0.4, 0.5) is 0 Å². The molecule has 4 rings (SSSR count). The summed E-state index contributed by atoms with van der Waals surface area (Å²) in [7, 11) is 1.62. The number of morpholine rings is 1. The van der Waals surface area contributed by atoms with Gasteiger partial charge in [-0.05, 0) is 12.1 Å². The number of carbonyl (C=O) groups is 1. The van der Waals surface area contributed by atoms with E-state index in [9.17, 15) is 4.79 Å². The van der Waals surface area contributed by atoms with Gasteiger partial charge in [0.1, 0.15) is 37.1 Å². The number of rotatable bonds is 7. The third-order valence-corrected chi connectivity index (χ3v) is 5.36. The van der Waals surface area contributed by atoms with Gasteiger partial charge in [0, 0.05) is 29.1 Å². The lowest BCUT2D eigenvalue weighted by molar-refractivity contribution is -0.925. The summed E-state index contributed by atoms with van der Waals surface area (Å²) >= 11 is 0. The minimum Gasteiger partial charge on any atom is -0.497 e. The van der Waals surface area contributed by atoms with Crippen molar-refractivity contribution in [1.82, 2.24) is 5.32 Å². The molecular formula is C23H27N2O4+. The molecule has 1 amide bonds. The Kier molecular flexibility index (Phi) is 6.12. The highest BCUT2D eigenvalue weighted by atomic mass is 16.5. The molecule has 1 aliphatic heterocycles. The largest absolute Gasteiger partial charge is 0.497 e. The van der Waals surface area contributed by atoms with Gasteiger partial charge < -0.3 is 24.1 Å². The molecule has 6 heteroatoms. The normalized spacial score (nSPS) is 19.2. The molecule has 2 aromatic carbocycles. The zero-order valence-electron chi connectivity index (χ0n) is 16.6. The van der Waals surface area contributed by atoms with Gasteiger partial charge in [-0.15, -0.1) is 0 Å². The van der Waals surface area contributed by atoms with Gasteiger partial charge in [-0.3, -0.25) is 4.79 Å². The Hall–Kier alpha value is -2.83. The number of furan rings is 1. The number of ether oxygens (including phenoxy) is 2. The SMILES string of the molecule is COc1ccc2c(CC(=O)NC[C@H]3C[NH+](Cc4ccccc4)CCO3)coc2c1. The Morgan fingerprint density at radius 1 is 1.24 bits per heavy atom. The topological polar surface area (TPSA) is 65.1 Å². The maximum atomic E-state index is 12.5. The Morgan fingerprint density at radius 3 is 2.93 bits per heavy atom. The van der Waals surface area contributed by atoms with Gasteiger partial charge in [0.2, 0.25) is 5.91 Å². The van der Waals surface area contributed by atoms with E-state index in [1.165, 1.54) is 10.5 Å². The zero-order valence-corrected chi connectivity index (χ0v) is 16.6. The number of benzene rings is 2. The molecule has 0 saturated carbocycles. The van der Waals surface area contributed by atoms with Crippen LogP contribution in [0.3, 0.4) is 0 Å². The number of hydrogen-bond donors (Lipinski definition) is 2. The van der Waals surface area contributed by atoms with Crippen LogP contribution in [-0.2, 0) is 22.5 Å². The first kappa shape index (κ1) is 19.5. The number of fused-ring (bicyclic) bond motifs is 1. The second-order valence-electron chi connectivity index (χ2n) is 7.46. The van der Waals surface area contributed by atoms with Crippen molar-refractivity contribution >= 4 is 16.9 Å². The molecule has 1 fully saturated rings. The lowest BCUT2D eigenvalue weighted by Crippen LogP contribution is -3.13. The van der Waals surface area contributed by atoms with E-state index in [0.717, 1.165) is 48.5 Å². The zero-order chi connectivity index (χ0) is 20.1. The lowest BCUT2D eigenvalue weighted by atomic mass is 10.1. The Balaban J connectivity index is 1.28. The fourth-order valence-corrected chi connectivity index (χ4v) is 3.82. The molecule has 2 atom stereocenters. The Morgan fingerprint density at radius 2 is 2.10 bits per heavy atom. The van der Waals surface area contributed by atoms with Crippen LogP contribution in [0.25, 0.3) is 11.0 Å². The van der Waals surface area contributed by atoms with Crippen molar-refractivity contribution in [3.05, 3.63) is 65.9 Å². The summed E-state index contributed by atoms with van der Waals surface area (Å²) in [6.45, 7) is 4.12. The first-order chi connectivity index (χ1) is 14.2. The van der Waals surface area contributed by atoms with Crippen molar-refractivity contribution in [3.8, 4) is 5.75 Å². The molecule has 0 spiro atoms. The average Bonchev–Trinajstić information content (AvgIpc) is 3.15. The summed E-state index contributed by atoms with van der Waals surface area (Å²) in [5, 5.41) is 3.96. The van der Waals surface area contributed by atoms with Crippen molar-refractivity contribution in [2.24, 2.45) is 0 Å². The third kappa shape index (κ3) is 4.96. The van der Waals surface area contributed by atoms with Crippen LogP contribution in [0.2, 0.25) is 0 Å². The van der Waals surface area contributed by atoms with E-state index in [2.05, 4.69) is 29.6 Å². The Bertz CT molecular complexity index is 954. The van der Waals surface area contributed by atoms with Crippen molar-refractivity contribution in [2.75, 3.05) is 33.4 Å². The van der Waals surface area contributed by atoms with Gasteiger partial charge in [-0.25, -0.2) is 0 Å². The molecule has 1 saturated heterocycles. The third-order valence-electron chi connectivity index (χ3n) is 5.36. The smallest absolute Gasteiger partial charge is 0.224 e. The molecule has 3 aromatic rings. The van der Waals surface area contributed by atoms with E-state index in [0.29, 0.717) is 6.54 Å². The summed E-state index contributed by atoms with van der Waals surface area (Å²) in [6.07, 6.45) is 1.97. The molecule has 0 radical (unpaired) electrons. The molecule has 2 N–H and O–H groups in total. The maximum Gasteiger partial charge on any atom is 0.224 e. The van der Waals surface area contributed by atoms with Crippen molar-refractivity contribution in [2.45, 2.75) is 19.1 Å². The quantitative estimate of drug-likeness (QED) is 0.638. The first-order valence-corrected chi connectivity index (χ1v) is 10.0. The van der Waals surface area contributed by atoms with Gasteiger partial charge in [-0.2, -0.15) is 0 Å². The maximum absolute atomic E-state index is 12.5. The highest BCUT2D eigenvalue weighted by Gasteiger charge is 2.24. The summed E-state index contributed by atoms with van der Waals surface area (Å²) in [5.74, 6) is 0.710. The monoisotopic (exact) mass is 395 g/mol. The summed E-state index contributed by atoms with van der Waals surface area (Å²) in [6, 6.07) is 16.1. The van der Waals surface area contributed by atoms with Crippen LogP contribution in [-0.4, -0.2) is 45.4 Å². The second-order valence-corrected chi connectivity index (χ2v) is 7.46. The van der Waals surface area contributed by atoms with Crippen molar-refractivity contribution < 1.29 is 23.6 Å². The van der Waals surface area contributed by atoms with E-state index in [1.807, 2.05) is 24.3 Å². The van der Waals surface area contributed by atoms with Crippen LogP contribution in [0.15, 0.2) is 59.2 Å². The predicted molar refractivity (Wildman–Crippen MR) is 110 cm³/mol. The minimum absolute atomic E-state index is 0.0256. The minimum atomic E-state index is -0.0256. The summed E-state index contributed by atoms with van der Waals surface area (Å²) < 4.78 is 16.6. The number of methoxy groups -OCH3 is 1. The number of nitrogens with one attached hydrogen (secondary N) is 2. The van der Waals surface area contributed by atoms with Crippen molar-refractivity contribution in [3.63, 3.8) is 0 Å². The van der Waals surface area contributed by atoms with Crippen LogP contribution < -0.4 is 15.0 Å². The average molecular weight is 395 g/mol. The van der Waals surface area contributed by atoms with E-state index < -0.39 is 0 Å². The summed E-state index contributed by atoms with van der Waals surface area (Å²) in [4.78, 5) is 13.9. The van der Waals surface area contributed by atoms with E-state index in [1.54, 1.807) is 13.4 Å². The molecule has 0 aliphatic carbocycles. The molecule has 6 nitrogen and oxygen atoms in total. The van der Waals surface area contributed by atoms with Crippen LogP contribution in [0, 0.1) is 0 Å². The number of amides is 1. The fourth-order valence-electron chi connectivity index (χ4n) is 3.82. The van der Waals surface area contributed by atoms with Crippen LogP contribution in [0.1, 0.15) is 11.1 Å². The van der Waals surface area contributed by atoms with E-state index in [-0.39, 0.29) is 18.4 Å². The molecule has 0 bridgehead atoms. The highest BCUT2D eigenvalue weighted by molar-refractivity contribution is 5.88. The summed E-state index contributed by atoms with van der Waals surface area (Å²) in [5.41, 5.74) is 2.93. The molecule has 1 aromatic heterocycles. The number of hydrogen-bond acceptors (Lipinski definition) is 4. The van der Waals surface area contributed by atoms with Crippen molar-refractivity contribution in [1.29, 1.82) is 0 Å². The van der Waals surface area contributed by atoms with Gasteiger partial charge in [0.15, 0.2) is 0 Å².